The molecule has 3 aromatic rings. The molecule has 0 saturated carbocycles. The van der Waals surface area contributed by atoms with E-state index in [1.165, 1.54) is 29.6 Å². The molecule has 1 aromatic heterocycles. The van der Waals surface area contributed by atoms with Crippen molar-refractivity contribution in [2.45, 2.75) is 24.8 Å². The van der Waals surface area contributed by atoms with Crippen LogP contribution >= 0.6 is 11.3 Å². The normalized spacial score (nSPS) is 11.4. The molecule has 0 radical (unpaired) electrons. The van der Waals surface area contributed by atoms with Gasteiger partial charge in [0, 0.05) is 21.9 Å². The van der Waals surface area contributed by atoms with Crippen LogP contribution in [-0.2, 0) is 23.0 Å². The number of nitrogens with zero attached hydrogens (tertiary/aromatic N) is 1. The number of aryl methyl sites for hydroxylation is 1. The monoisotopic (exact) mass is 428 g/mol. The number of hydrogen-bond donors (Lipinski definition) is 1. The zero-order valence-corrected chi connectivity index (χ0v) is 18.1. The van der Waals surface area contributed by atoms with Gasteiger partial charge in [-0.15, -0.1) is 11.3 Å². The molecule has 0 aliphatic heterocycles. The van der Waals surface area contributed by atoms with Gasteiger partial charge in [-0.25, -0.2) is 13.1 Å². The molecule has 3 rings (SSSR count). The number of sulfonamides is 1. The Labute approximate surface area is 176 Å². The zero-order valence-electron chi connectivity index (χ0n) is 16.5. The quantitative estimate of drug-likeness (QED) is 0.593. The van der Waals surface area contributed by atoms with E-state index >= 15 is 0 Å². The second kappa shape index (κ2) is 9.35. The predicted octanol–water partition coefficient (Wildman–Crippen LogP) is 3.85. The number of rotatable bonds is 8. The minimum atomic E-state index is -3.53. The molecule has 5 nitrogen and oxygen atoms in total. The Morgan fingerprint density at radius 3 is 2.28 bits per heavy atom. The van der Waals surface area contributed by atoms with Gasteiger partial charge in [-0.3, -0.25) is 4.79 Å². The summed E-state index contributed by atoms with van der Waals surface area (Å²) >= 11 is 1.68. The Balaban J connectivity index is 1.80. The molecule has 1 N–H and O–H groups in total. The molecule has 0 saturated heterocycles. The average molecular weight is 429 g/mol. The maximum absolute atomic E-state index is 13.2. The zero-order chi connectivity index (χ0) is 20.9. The summed E-state index contributed by atoms with van der Waals surface area (Å²) in [4.78, 5) is 17.5. The lowest BCUT2D eigenvalue weighted by molar-refractivity contribution is 0.0746. The van der Waals surface area contributed by atoms with Gasteiger partial charge in [-0.2, -0.15) is 0 Å². The summed E-state index contributed by atoms with van der Waals surface area (Å²) in [6.07, 6.45) is 0.753. The van der Waals surface area contributed by atoms with Crippen molar-refractivity contribution in [3.8, 4) is 0 Å². The molecule has 2 aromatic carbocycles. The summed E-state index contributed by atoms with van der Waals surface area (Å²) < 4.78 is 26.1. The molecule has 1 amide bonds. The first-order chi connectivity index (χ1) is 13.9. The topological polar surface area (TPSA) is 66.5 Å². The molecular weight excluding hydrogens is 404 g/mol. The molecule has 0 aliphatic rings. The molecule has 0 unspecified atom stereocenters. The standard InChI is InChI=1S/C22H24N2O3S2/c1-17-8-11-20(28-17)16-24(15-14-18-6-4-3-5-7-18)22(25)19-9-12-21(13-10-19)29(26,27)23-2/h3-13,23H,14-16H2,1-2H3. The van der Waals surface area contributed by atoms with E-state index in [0.29, 0.717) is 18.7 Å². The predicted molar refractivity (Wildman–Crippen MR) is 117 cm³/mol. The first-order valence-corrected chi connectivity index (χ1v) is 11.6. The third-order valence-electron chi connectivity index (χ3n) is 4.62. The van der Waals surface area contributed by atoms with Crippen LogP contribution in [0.25, 0.3) is 0 Å². The Morgan fingerprint density at radius 2 is 1.69 bits per heavy atom. The summed E-state index contributed by atoms with van der Waals surface area (Å²) in [5.41, 5.74) is 1.64. The van der Waals surface area contributed by atoms with Crippen LogP contribution in [-0.4, -0.2) is 32.8 Å². The molecule has 152 valence electrons. The van der Waals surface area contributed by atoms with E-state index in [2.05, 4.69) is 22.9 Å². The Morgan fingerprint density at radius 1 is 1.00 bits per heavy atom. The summed E-state index contributed by atoms with van der Waals surface area (Å²) in [5.74, 6) is -0.111. The van der Waals surface area contributed by atoms with Crippen molar-refractivity contribution < 1.29 is 13.2 Å². The van der Waals surface area contributed by atoms with Crippen LogP contribution in [0.4, 0.5) is 0 Å². The van der Waals surface area contributed by atoms with Gasteiger partial charge in [0.05, 0.1) is 11.4 Å². The van der Waals surface area contributed by atoms with Crippen LogP contribution in [0.1, 0.15) is 25.7 Å². The van der Waals surface area contributed by atoms with Gasteiger partial charge in [0.15, 0.2) is 0 Å². The van der Waals surface area contributed by atoms with Gasteiger partial charge in [0.2, 0.25) is 10.0 Å². The van der Waals surface area contributed by atoms with Gasteiger partial charge in [-0.1, -0.05) is 30.3 Å². The summed E-state index contributed by atoms with van der Waals surface area (Å²) in [5, 5.41) is 0. The van der Waals surface area contributed by atoms with Crippen LogP contribution in [0.3, 0.4) is 0 Å². The number of thiophene rings is 1. The second-order valence-corrected chi connectivity index (χ2v) is 9.97. The van der Waals surface area contributed by atoms with E-state index < -0.39 is 10.0 Å². The lowest BCUT2D eigenvalue weighted by atomic mass is 10.1. The maximum Gasteiger partial charge on any atom is 0.254 e. The smallest absolute Gasteiger partial charge is 0.254 e. The highest BCUT2D eigenvalue weighted by Crippen LogP contribution is 2.20. The van der Waals surface area contributed by atoms with Crippen LogP contribution < -0.4 is 4.72 Å². The van der Waals surface area contributed by atoms with Crippen molar-refractivity contribution in [3.63, 3.8) is 0 Å². The fraction of sp³-hybridized carbons (Fsp3) is 0.227. The minimum Gasteiger partial charge on any atom is -0.333 e. The molecule has 0 spiro atoms. The Hall–Kier alpha value is -2.48. The molecule has 0 atom stereocenters. The number of carbonyl (C=O) groups excluding carboxylic acids is 1. The first kappa shape index (κ1) is 21.2. The molecule has 29 heavy (non-hydrogen) atoms. The number of amides is 1. The molecule has 0 fully saturated rings. The SMILES string of the molecule is CNS(=O)(=O)c1ccc(C(=O)N(CCc2ccccc2)Cc2ccc(C)s2)cc1. The Bertz CT molecular complexity index is 1060. The van der Waals surface area contributed by atoms with Gasteiger partial charge >= 0.3 is 0 Å². The van der Waals surface area contributed by atoms with Crippen LogP contribution in [0.5, 0.6) is 0 Å². The van der Waals surface area contributed by atoms with E-state index in [-0.39, 0.29) is 10.8 Å². The highest BCUT2D eigenvalue weighted by Gasteiger charge is 2.18. The number of hydrogen-bond acceptors (Lipinski definition) is 4. The van der Waals surface area contributed by atoms with Gasteiger partial charge in [-0.05, 0) is 62.4 Å². The minimum absolute atomic E-state index is 0.111. The molecule has 1 heterocycles. The van der Waals surface area contributed by atoms with Gasteiger partial charge in [0.1, 0.15) is 0 Å². The maximum atomic E-state index is 13.2. The highest BCUT2D eigenvalue weighted by atomic mass is 32.2. The average Bonchev–Trinajstić information content (AvgIpc) is 3.16. The van der Waals surface area contributed by atoms with E-state index in [0.717, 1.165) is 11.3 Å². The lowest BCUT2D eigenvalue weighted by Crippen LogP contribution is -2.32. The number of nitrogens with one attached hydrogen (secondary N) is 1. The summed E-state index contributed by atoms with van der Waals surface area (Å²) in [7, 11) is -2.16. The van der Waals surface area contributed by atoms with Crippen molar-refractivity contribution >= 4 is 27.3 Å². The fourth-order valence-electron chi connectivity index (χ4n) is 3.00. The summed E-state index contributed by atoms with van der Waals surface area (Å²) in [6.45, 7) is 3.16. The second-order valence-electron chi connectivity index (χ2n) is 6.71. The van der Waals surface area contributed by atoms with Crippen LogP contribution in [0.2, 0.25) is 0 Å². The van der Waals surface area contributed by atoms with Crippen LogP contribution in [0, 0.1) is 6.92 Å². The van der Waals surface area contributed by atoms with E-state index in [1.807, 2.05) is 36.1 Å². The Kier molecular flexibility index (Phi) is 6.84. The molecule has 7 heteroatoms. The van der Waals surface area contributed by atoms with Gasteiger partial charge in [0.25, 0.3) is 5.91 Å². The largest absolute Gasteiger partial charge is 0.333 e. The van der Waals surface area contributed by atoms with Crippen molar-refractivity contribution in [1.29, 1.82) is 0 Å². The highest BCUT2D eigenvalue weighted by molar-refractivity contribution is 7.89. The summed E-state index contributed by atoms with van der Waals surface area (Å²) in [6, 6.07) is 20.2. The fourth-order valence-corrected chi connectivity index (χ4v) is 4.63. The van der Waals surface area contributed by atoms with Crippen molar-refractivity contribution in [2.75, 3.05) is 13.6 Å². The van der Waals surface area contributed by atoms with E-state index in [4.69, 9.17) is 0 Å². The van der Waals surface area contributed by atoms with Crippen molar-refractivity contribution in [1.82, 2.24) is 9.62 Å². The molecule has 0 bridgehead atoms. The van der Waals surface area contributed by atoms with Crippen molar-refractivity contribution in [2.24, 2.45) is 0 Å². The molecular formula is C22H24N2O3S2. The first-order valence-electron chi connectivity index (χ1n) is 9.31. The molecule has 0 aliphatic carbocycles. The van der Waals surface area contributed by atoms with Crippen molar-refractivity contribution in [3.05, 3.63) is 87.6 Å². The van der Waals surface area contributed by atoms with E-state index in [9.17, 15) is 13.2 Å². The third kappa shape index (κ3) is 5.53. The lowest BCUT2D eigenvalue weighted by Gasteiger charge is -2.22. The number of benzene rings is 2. The van der Waals surface area contributed by atoms with E-state index in [1.54, 1.807) is 23.5 Å². The third-order valence-corrected chi connectivity index (χ3v) is 7.04. The van der Waals surface area contributed by atoms with Gasteiger partial charge < -0.3 is 4.90 Å². The van der Waals surface area contributed by atoms with Crippen LogP contribution in [0.15, 0.2) is 71.6 Å². The number of carbonyl (C=O) groups is 1.